The molecule has 1 aliphatic carbocycles. The molecule has 2 amide bonds. The minimum Gasteiger partial charge on any atom is -0.353 e. The highest BCUT2D eigenvalue weighted by atomic mass is 19.4. The summed E-state index contributed by atoms with van der Waals surface area (Å²) in [7, 11) is 0. The van der Waals surface area contributed by atoms with Crippen LogP contribution in [0.5, 0.6) is 0 Å². The molecule has 0 radical (unpaired) electrons. The number of piperazine rings is 1. The van der Waals surface area contributed by atoms with Crippen LogP contribution in [0.3, 0.4) is 0 Å². The van der Waals surface area contributed by atoms with Crippen molar-refractivity contribution in [2.45, 2.75) is 89.5 Å². The van der Waals surface area contributed by atoms with Gasteiger partial charge in [0.15, 0.2) is 0 Å². The number of aryl methyl sites for hydroxylation is 1. The zero-order valence-corrected chi connectivity index (χ0v) is 25.2. The fraction of sp³-hybridized carbons (Fsp3) is 0.613. The lowest BCUT2D eigenvalue weighted by Crippen LogP contribution is -2.52. The second kappa shape index (κ2) is 15.6. The largest absolute Gasteiger partial charge is 0.471 e. The van der Waals surface area contributed by atoms with Crippen LogP contribution in [-0.4, -0.2) is 65.2 Å². The van der Waals surface area contributed by atoms with Crippen LogP contribution >= 0.6 is 0 Å². The van der Waals surface area contributed by atoms with Crippen LogP contribution in [0.2, 0.25) is 0 Å². The number of aromatic nitrogens is 2. The highest BCUT2D eigenvalue weighted by Gasteiger charge is 2.43. The Balaban J connectivity index is 1.30. The molecule has 2 fully saturated rings. The van der Waals surface area contributed by atoms with Crippen molar-refractivity contribution in [1.29, 1.82) is 0 Å². The first kappa shape index (κ1) is 34.3. The molecular formula is C31H40F6N6O2. The SMILES string of the molecule is O=C(Nc1cc(N2CCN(C(=O)C(F)(F)F)CC2)nc(NCc2ccc(CCCCCCC3CCCCC3)cc2)n1)C(F)(F)F. The van der Waals surface area contributed by atoms with Gasteiger partial charge in [-0.05, 0) is 29.9 Å². The maximum atomic E-state index is 12.9. The Hall–Kier alpha value is -3.58. The maximum Gasteiger partial charge on any atom is 0.471 e. The number of alkyl halides is 6. The molecular weight excluding hydrogens is 602 g/mol. The summed E-state index contributed by atoms with van der Waals surface area (Å²) in [4.78, 5) is 33.6. The van der Waals surface area contributed by atoms with Crippen LogP contribution in [0.25, 0.3) is 0 Å². The van der Waals surface area contributed by atoms with Gasteiger partial charge in [0.05, 0.1) is 0 Å². The van der Waals surface area contributed by atoms with E-state index in [2.05, 4.69) is 15.3 Å². The van der Waals surface area contributed by atoms with Gasteiger partial charge >= 0.3 is 24.2 Å². The van der Waals surface area contributed by atoms with Crippen molar-refractivity contribution in [3.05, 3.63) is 41.5 Å². The number of hydrogen-bond donors (Lipinski definition) is 2. The molecule has 2 heterocycles. The standard InChI is InChI=1S/C31H40F6N6O2/c32-30(33,34)27(44)39-25-20-26(42-16-18-43(19-17-42)28(45)31(35,36)37)41-29(40-25)38-21-24-14-12-23(13-15-24)11-5-2-1-4-8-22-9-6-3-7-10-22/h12-15,20,22H,1-11,16-19,21H2,(H2,38,39,40,41,44). The van der Waals surface area contributed by atoms with Crippen molar-refractivity contribution in [3.8, 4) is 0 Å². The third kappa shape index (κ3) is 10.8. The molecule has 0 atom stereocenters. The van der Waals surface area contributed by atoms with Gasteiger partial charge in [-0.25, -0.2) is 0 Å². The Morgan fingerprint density at radius 2 is 1.44 bits per heavy atom. The second-order valence-electron chi connectivity index (χ2n) is 11.8. The normalized spacial score (nSPS) is 16.5. The Bertz CT molecular complexity index is 1260. The average molecular weight is 643 g/mol. The molecule has 1 saturated carbocycles. The van der Waals surface area contributed by atoms with Gasteiger partial charge in [-0.2, -0.15) is 36.3 Å². The van der Waals surface area contributed by atoms with E-state index in [1.165, 1.54) is 68.3 Å². The Morgan fingerprint density at radius 1 is 0.800 bits per heavy atom. The first-order valence-corrected chi connectivity index (χ1v) is 15.6. The van der Waals surface area contributed by atoms with E-state index < -0.39 is 30.0 Å². The number of unbranched alkanes of at least 4 members (excludes halogenated alkanes) is 3. The van der Waals surface area contributed by atoms with Gasteiger partial charge < -0.3 is 20.4 Å². The first-order valence-electron chi connectivity index (χ1n) is 15.6. The third-order valence-electron chi connectivity index (χ3n) is 8.37. The number of rotatable bonds is 12. The molecule has 2 aliphatic rings. The van der Waals surface area contributed by atoms with E-state index in [4.69, 9.17) is 0 Å². The second-order valence-corrected chi connectivity index (χ2v) is 11.8. The molecule has 4 rings (SSSR count). The number of nitrogens with one attached hydrogen (secondary N) is 2. The molecule has 0 bridgehead atoms. The van der Waals surface area contributed by atoms with E-state index in [9.17, 15) is 35.9 Å². The first-order chi connectivity index (χ1) is 21.4. The summed E-state index contributed by atoms with van der Waals surface area (Å²) in [5.41, 5.74) is 2.09. The average Bonchev–Trinajstić information content (AvgIpc) is 3.01. The summed E-state index contributed by atoms with van der Waals surface area (Å²) in [5.74, 6) is -3.66. The maximum absolute atomic E-state index is 12.9. The van der Waals surface area contributed by atoms with E-state index in [0.29, 0.717) is 4.90 Å². The fourth-order valence-corrected chi connectivity index (χ4v) is 5.84. The number of benzene rings is 1. The number of hydrogen-bond acceptors (Lipinski definition) is 6. The van der Waals surface area contributed by atoms with E-state index in [1.807, 2.05) is 24.3 Å². The summed E-state index contributed by atoms with van der Waals surface area (Å²) in [6, 6.07) is 9.07. The summed E-state index contributed by atoms with van der Waals surface area (Å²) in [5, 5.41) is 4.67. The lowest BCUT2D eigenvalue weighted by atomic mass is 9.85. The van der Waals surface area contributed by atoms with E-state index >= 15 is 0 Å². The predicted octanol–water partition coefficient (Wildman–Crippen LogP) is 6.87. The number of amides is 2. The summed E-state index contributed by atoms with van der Waals surface area (Å²) in [6.07, 6.45) is 3.99. The number of carbonyl (C=O) groups excluding carboxylic acids is 2. The number of nitrogens with zero attached hydrogens (tertiary/aromatic N) is 4. The van der Waals surface area contributed by atoms with Gasteiger partial charge in [0.2, 0.25) is 5.95 Å². The lowest BCUT2D eigenvalue weighted by Gasteiger charge is -2.35. The van der Waals surface area contributed by atoms with Gasteiger partial charge in [0, 0.05) is 38.8 Å². The van der Waals surface area contributed by atoms with Crippen molar-refractivity contribution in [3.63, 3.8) is 0 Å². The number of anilines is 3. The smallest absolute Gasteiger partial charge is 0.353 e. The lowest BCUT2D eigenvalue weighted by molar-refractivity contribution is -0.185. The molecule has 14 heteroatoms. The fourth-order valence-electron chi connectivity index (χ4n) is 5.84. The van der Waals surface area contributed by atoms with E-state index in [0.717, 1.165) is 30.4 Å². The zero-order chi connectivity index (χ0) is 32.5. The molecule has 1 saturated heterocycles. The Morgan fingerprint density at radius 3 is 2.09 bits per heavy atom. The molecule has 1 aromatic carbocycles. The number of halogens is 6. The number of carbonyl (C=O) groups is 2. The van der Waals surface area contributed by atoms with Crippen LogP contribution in [0.15, 0.2) is 30.3 Å². The van der Waals surface area contributed by atoms with Crippen LogP contribution in [-0.2, 0) is 22.6 Å². The van der Waals surface area contributed by atoms with Crippen LogP contribution in [0.4, 0.5) is 43.9 Å². The molecule has 2 aromatic rings. The summed E-state index contributed by atoms with van der Waals surface area (Å²) in [6.45, 7) is -0.379. The minimum atomic E-state index is -5.15. The minimum absolute atomic E-state index is 0.0487. The van der Waals surface area contributed by atoms with Crippen molar-refractivity contribution >= 4 is 29.4 Å². The topological polar surface area (TPSA) is 90.5 Å². The van der Waals surface area contributed by atoms with Gasteiger partial charge in [0.25, 0.3) is 0 Å². The van der Waals surface area contributed by atoms with Gasteiger partial charge in [-0.1, -0.05) is 82.1 Å². The van der Waals surface area contributed by atoms with Crippen LogP contribution in [0, 0.1) is 5.92 Å². The third-order valence-corrected chi connectivity index (χ3v) is 8.37. The highest BCUT2D eigenvalue weighted by molar-refractivity contribution is 5.94. The molecule has 0 unspecified atom stereocenters. The van der Waals surface area contributed by atoms with Crippen molar-refractivity contribution in [2.24, 2.45) is 5.92 Å². The van der Waals surface area contributed by atoms with Crippen molar-refractivity contribution in [1.82, 2.24) is 14.9 Å². The molecule has 8 nitrogen and oxygen atoms in total. The highest BCUT2D eigenvalue weighted by Crippen LogP contribution is 2.28. The molecule has 45 heavy (non-hydrogen) atoms. The Kier molecular flexibility index (Phi) is 11.9. The van der Waals surface area contributed by atoms with Crippen LogP contribution < -0.4 is 15.5 Å². The van der Waals surface area contributed by atoms with Gasteiger partial charge in [0.1, 0.15) is 11.6 Å². The summed E-state index contributed by atoms with van der Waals surface area (Å²) < 4.78 is 77.1. The molecule has 0 spiro atoms. The van der Waals surface area contributed by atoms with Crippen molar-refractivity contribution in [2.75, 3.05) is 41.7 Å². The quantitative estimate of drug-likeness (QED) is 0.194. The van der Waals surface area contributed by atoms with E-state index in [1.54, 1.807) is 5.32 Å². The van der Waals surface area contributed by atoms with Gasteiger partial charge in [-0.3, -0.25) is 9.59 Å². The van der Waals surface area contributed by atoms with Crippen molar-refractivity contribution < 1.29 is 35.9 Å². The molecule has 248 valence electrons. The van der Waals surface area contributed by atoms with Crippen LogP contribution in [0.1, 0.15) is 75.3 Å². The molecule has 1 aliphatic heterocycles. The van der Waals surface area contributed by atoms with Gasteiger partial charge in [-0.15, -0.1) is 0 Å². The predicted molar refractivity (Wildman–Crippen MR) is 159 cm³/mol. The molecule has 1 aromatic heterocycles. The summed E-state index contributed by atoms with van der Waals surface area (Å²) >= 11 is 0. The zero-order valence-electron chi connectivity index (χ0n) is 25.2. The molecule has 2 N–H and O–H groups in total. The monoisotopic (exact) mass is 642 g/mol. The Labute approximate surface area is 259 Å². The van der Waals surface area contributed by atoms with E-state index in [-0.39, 0.29) is 44.5 Å².